The van der Waals surface area contributed by atoms with E-state index in [1.54, 1.807) is 18.2 Å². The number of benzene rings is 1. The van der Waals surface area contributed by atoms with Crippen LogP contribution >= 0.6 is 0 Å². The minimum Gasteiger partial charge on any atom is -0.389 e. The van der Waals surface area contributed by atoms with Crippen molar-refractivity contribution in [2.45, 2.75) is 44.1 Å². The van der Waals surface area contributed by atoms with E-state index >= 15 is 0 Å². The number of aliphatic hydroxyl groups is 1. The first-order chi connectivity index (χ1) is 15.0. The van der Waals surface area contributed by atoms with Gasteiger partial charge < -0.3 is 24.5 Å². The van der Waals surface area contributed by atoms with Crippen molar-refractivity contribution in [3.8, 4) is 0 Å². The van der Waals surface area contributed by atoms with Gasteiger partial charge >= 0.3 is 0 Å². The Kier molecular flexibility index (Phi) is 5.04. The van der Waals surface area contributed by atoms with Gasteiger partial charge in [0.05, 0.1) is 17.7 Å². The Morgan fingerprint density at radius 2 is 2.06 bits per heavy atom. The predicted molar refractivity (Wildman–Crippen MR) is 117 cm³/mol. The molecule has 4 heterocycles. The van der Waals surface area contributed by atoms with Crippen LogP contribution in [-0.2, 0) is 17.7 Å². The molecule has 7 heteroatoms. The summed E-state index contributed by atoms with van der Waals surface area (Å²) >= 11 is 0. The van der Waals surface area contributed by atoms with Gasteiger partial charge in [0, 0.05) is 39.1 Å². The lowest BCUT2D eigenvalue weighted by atomic mass is 9.76. The number of nitrogens with zero attached hydrogens (tertiary/aromatic N) is 3. The Labute approximate surface area is 181 Å². The van der Waals surface area contributed by atoms with Crippen LogP contribution in [0.5, 0.6) is 0 Å². The molecule has 0 saturated carbocycles. The highest BCUT2D eigenvalue weighted by molar-refractivity contribution is 5.93. The monoisotopic (exact) mass is 420 g/mol. The molecule has 2 aliphatic rings. The molecule has 7 nitrogen and oxygen atoms in total. The molecule has 0 unspecified atom stereocenters. The first-order valence-electron chi connectivity index (χ1n) is 10.8. The number of ether oxygens (including phenoxy) is 1. The van der Waals surface area contributed by atoms with E-state index in [1.165, 1.54) is 11.1 Å². The van der Waals surface area contributed by atoms with Gasteiger partial charge in [-0.05, 0) is 42.5 Å². The fraction of sp³-hybridized carbons (Fsp3) is 0.417. The number of fused-ring (bicyclic) bond motifs is 2. The molecule has 0 radical (unpaired) electrons. The fourth-order valence-electron chi connectivity index (χ4n) is 4.80. The molecule has 1 fully saturated rings. The van der Waals surface area contributed by atoms with Crippen molar-refractivity contribution in [1.82, 2.24) is 19.6 Å². The van der Waals surface area contributed by atoms with Gasteiger partial charge in [0.25, 0.3) is 5.91 Å². The zero-order valence-corrected chi connectivity index (χ0v) is 17.9. The van der Waals surface area contributed by atoms with Gasteiger partial charge in [0.1, 0.15) is 11.3 Å². The molecule has 2 N–H and O–H groups in total. The lowest BCUT2D eigenvalue weighted by Gasteiger charge is -2.48. The number of β-amino-alcohol motifs (C(OH)–C–C–N with tert-alkyl or cyclic N) is 1. The molecule has 3 atom stereocenters. The lowest BCUT2D eigenvalue weighted by molar-refractivity contribution is -0.0140. The zero-order valence-electron chi connectivity index (χ0n) is 17.9. The van der Waals surface area contributed by atoms with Crippen molar-refractivity contribution in [2.24, 2.45) is 0 Å². The minimum absolute atomic E-state index is 0.0347. The fourth-order valence-corrected chi connectivity index (χ4v) is 4.80. The highest BCUT2D eigenvalue weighted by Gasteiger charge is 2.45. The number of carbonyl (C=O) groups is 1. The van der Waals surface area contributed by atoms with E-state index in [-0.39, 0.29) is 17.6 Å². The van der Waals surface area contributed by atoms with Crippen molar-refractivity contribution in [2.75, 3.05) is 20.2 Å². The van der Waals surface area contributed by atoms with Crippen LogP contribution in [0.1, 0.15) is 46.6 Å². The molecule has 0 bridgehead atoms. The molecule has 2 aliphatic heterocycles. The number of methoxy groups -OCH3 is 1. The molecule has 1 saturated heterocycles. The number of imidazole rings is 1. The second-order valence-electron chi connectivity index (χ2n) is 8.70. The van der Waals surface area contributed by atoms with Crippen LogP contribution in [0.4, 0.5) is 0 Å². The van der Waals surface area contributed by atoms with Gasteiger partial charge in [0.15, 0.2) is 0 Å². The number of pyridine rings is 1. The summed E-state index contributed by atoms with van der Waals surface area (Å²) in [5.74, 6) is -0.143. The summed E-state index contributed by atoms with van der Waals surface area (Å²) < 4.78 is 7.24. The summed E-state index contributed by atoms with van der Waals surface area (Å²) in [6, 6.07) is 12.2. The summed E-state index contributed by atoms with van der Waals surface area (Å²) in [6.45, 7) is 3.61. The molecule has 2 aromatic heterocycles. The first kappa shape index (κ1) is 20.2. The molecule has 1 spiro atoms. The summed E-state index contributed by atoms with van der Waals surface area (Å²) in [7, 11) is 1.67. The Hall–Kier alpha value is -2.74. The number of amides is 1. The second-order valence-corrected chi connectivity index (χ2v) is 8.70. The average molecular weight is 421 g/mol. The van der Waals surface area contributed by atoms with Crippen LogP contribution in [0.3, 0.4) is 0 Å². The molecule has 162 valence electrons. The number of hydrogen-bond acceptors (Lipinski definition) is 5. The zero-order chi connectivity index (χ0) is 21.6. The Morgan fingerprint density at radius 3 is 2.84 bits per heavy atom. The standard InChI is InChI=1S/C24H28N4O3/c1-16(31-2)19-7-8-22-26-20(14-28(22)13-19)23(30)27-10-9-24(21(29)15-27)11-17-5-3-4-6-18(17)12-25-24/h3-8,13-14,16,21,25,29H,9-12,15H2,1-2H3/t16-,21+,24-/m0/s1. The number of carbonyl (C=O) groups excluding carboxylic acids is 1. The van der Waals surface area contributed by atoms with E-state index in [1.807, 2.05) is 41.8 Å². The van der Waals surface area contributed by atoms with Crippen LogP contribution in [0, 0.1) is 0 Å². The molecule has 1 aromatic carbocycles. The summed E-state index contributed by atoms with van der Waals surface area (Å²) in [6.07, 6.45) is 4.52. The third-order valence-electron chi connectivity index (χ3n) is 6.92. The normalized spacial score (nSPS) is 24.4. The van der Waals surface area contributed by atoms with Crippen LogP contribution in [0.25, 0.3) is 5.65 Å². The maximum Gasteiger partial charge on any atom is 0.274 e. The lowest BCUT2D eigenvalue weighted by Crippen LogP contribution is -2.65. The molecular weight excluding hydrogens is 392 g/mol. The Bertz CT molecular complexity index is 1130. The van der Waals surface area contributed by atoms with Gasteiger partial charge in [-0.1, -0.05) is 30.3 Å². The molecule has 3 aromatic rings. The summed E-state index contributed by atoms with van der Waals surface area (Å²) in [4.78, 5) is 19.4. The van der Waals surface area contributed by atoms with Crippen molar-refractivity contribution >= 4 is 11.6 Å². The van der Waals surface area contributed by atoms with Crippen LogP contribution in [0.2, 0.25) is 0 Å². The maximum atomic E-state index is 13.2. The van der Waals surface area contributed by atoms with Crippen LogP contribution in [0.15, 0.2) is 48.8 Å². The van der Waals surface area contributed by atoms with Gasteiger partial charge in [-0.2, -0.15) is 0 Å². The van der Waals surface area contributed by atoms with Crippen molar-refractivity contribution in [3.63, 3.8) is 0 Å². The average Bonchev–Trinajstić information content (AvgIpc) is 3.23. The Morgan fingerprint density at radius 1 is 1.26 bits per heavy atom. The third kappa shape index (κ3) is 3.52. The minimum atomic E-state index is -0.634. The SMILES string of the molecule is CO[C@@H](C)c1ccc2nc(C(=O)N3CC[C@]4(Cc5ccccc5CN4)[C@H](O)C3)cn2c1. The van der Waals surface area contributed by atoms with Gasteiger partial charge in [-0.15, -0.1) is 0 Å². The molecule has 0 aliphatic carbocycles. The van der Waals surface area contributed by atoms with Gasteiger partial charge in [0.2, 0.25) is 0 Å². The van der Waals surface area contributed by atoms with Gasteiger partial charge in [-0.25, -0.2) is 4.98 Å². The quantitative estimate of drug-likeness (QED) is 0.680. The predicted octanol–water partition coefficient (Wildman–Crippen LogP) is 2.33. The Balaban J connectivity index is 1.33. The van der Waals surface area contributed by atoms with Crippen molar-refractivity contribution < 1.29 is 14.6 Å². The van der Waals surface area contributed by atoms with E-state index in [0.717, 1.165) is 24.2 Å². The number of nitrogens with one attached hydrogen (secondary N) is 1. The smallest absolute Gasteiger partial charge is 0.274 e. The molecule has 1 amide bonds. The molecule has 31 heavy (non-hydrogen) atoms. The first-order valence-corrected chi connectivity index (χ1v) is 10.8. The van der Waals surface area contributed by atoms with Crippen LogP contribution in [-0.4, -0.2) is 57.1 Å². The van der Waals surface area contributed by atoms with E-state index in [2.05, 4.69) is 22.4 Å². The number of aliphatic hydroxyl groups excluding tert-OH is 1. The highest BCUT2D eigenvalue weighted by Crippen LogP contribution is 2.32. The van der Waals surface area contributed by atoms with E-state index in [0.29, 0.717) is 25.2 Å². The number of hydrogen-bond donors (Lipinski definition) is 2. The van der Waals surface area contributed by atoms with Crippen molar-refractivity contribution in [3.05, 3.63) is 71.2 Å². The molecular formula is C24H28N4O3. The number of piperidine rings is 1. The highest BCUT2D eigenvalue weighted by atomic mass is 16.5. The maximum absolute atomic E-state index is 13.2. The number of aromatic nitrogens is 2. The van der Waals surface area contributed by atoms with E-state index in [9.17, 15) is 9.90 Å². The largest absolute Gasteiger partial charge is 0.389 e. The summed E-state index contributed by atoms with van der Waals surface area (Å²) in [5, 5.41) is 14.6. The second kappa shape index (κ2) is 7.75. The van der Waals surface area contributed by atoms with Crippen LogP contribution < -0.4 is 5.32 Å². The number of likely N-dealkylation sites (tertiary alicyclic amines) is 1. The van der Waals surface area contributed by atoms with Crippen molar-refractivity contribution in [1.29, 1.82) is 0 Å². The van der Waals surface area contributed by atoms with E-state index in [4.69, 9.17) is 4.74 Å². The number of rotatable bonds is 3. The third-order valence-corrected chi connectivity index (χ3v) is 6.92. The topological polar surface area (TPSA) is 79.1 Å². The summed E-state index contributed by atoms with van der Waals surface area (Å²) in [5.41, 5.74) is 4.31. The van der Waals surface area contributed by atoms with E-state index < -0.39 is 6.10 Å². The molecule has 5 rings (SSSR count). The van der Waals surface area contributed by atoms with Gasteiger partial charge in [-0.3, -0.25) is 4.79 Å².